The number of amides is 1. The Morgan fingerprint density at radius 2 is 2.21 bits per heavy atom. The number of nitrogens with two attached hydrogens (primary N) is 1. The Balaban J connectivity index is 2.75. The third-order valence-electron chi connectivity index (χ3n) is 2.82. The molecule has 0 aliphatic rings. The van der Waals surface area contributed by atoms with Gasteiger partial charge in [0.15, 0.2) is 11.6 Å². The third-order valence-corrected chi connectivity index (χ3v) is 2.82. The second-order valence-electron chi connectivity index (χ2n) is 4.56. The van der Waals surface area contributed by atoms with Gasteiger partial charge in [0.25, 0.3) is 0 Å². The van der Waals surface area contributed by atoms with Crippen molar-refractivity contribution in [3.8, 4) is 5.75 Å². The van der Waals surface area contributed by atoms with Gasteiger partial charge in [-0.05, 0) is 31.5 Å². The number of nitrogens with zero attached hydrogens (tertiary/aromatic N) is 1. The largest absolute Gasteiger partial charge is 0.494 e. The Hall–Kier alpha value is -1.62. The topological polar surface area (TPSA) is 55.6 Å². The number of benzene rings is 1. The Labute approximate surface area is 113 Å². The van der Waals surface area contributed by atoms with Crippen molar-refractivity contribution >= 4 is 5.91 Å². The molecule has 0 aliphatic heterocycles. The van der Waals surface area contributed by atoms with E-state index in [1.54, 1.807) is 24.0 Å². The van der Waals surface area contributed by atoms with Crippen molar-refractivity contribution in [3.05, 3.63) is 29.6 Å². The SMILES string of the molecule is CCN(Cc1ccc(OC)c(F)c1)C(=O)CC(C)N. The van der Waals surface area contributed by atoms with E-state index in [0.29, 0.717) is 19.5 Å². The predicted molar refractivity (Wildman–Crippen MR) is 72.3 cm³/mol. The van der Waals surface area contributed by atoms with Crippen LogP contribution in [0.15, 0.2) is 18.2 Å². The van der Waals surface area contributed by atoms with Gasteiger partial charge in [-0.25, -0.2) is 4.39 Å². The minimum Gasteiger partial charge on any atom is -0.494 e. The molecule has 0 radical (unpaired) electrons. The van der Waals surface area contributed by atoms with Gasteiger partial charge in [0.2, 0.25) is 5.91 Å². The van der Waals surface area contributed by atoms with Crippen LogP contribution in [0.25, 0.3) is 0 Å². The summed E-state index contributed by atoms with van der Waals surface area (Å²) in [6.45, 7) is 4.62. The normalized spacial score (nSPS) is 12.1. The predicted octanol–water partition coefficient (Wildman–Crippen LogP) is 1.92. The molecule has 0 saturated heterocycles. The Bertz CT molecular complexity index is 435. The lowest BCUT2D eigenvalue weighted by molar-refractivity contribution is -0.131. The Morgan fingerprint density at radius 1 is 1.53 bits per heavy atom. The molecule has 0 bridgehead atoms. The minimum absolute atomic E-state index is 0.0197. The summed E-state index contributed by atoms with van der Waals surface area (Å²) in [6, 6.07) is 4.54. The molecule has 1 amide bonds. The van der Waals surface area contributed by atoms with Gasteiger partial charge >= 0.3 is 0 Å². The zero-order valence-electron chi connectivity index (χ0n) is 11.6. The number of carbonyl (C=O) groups is 1. The van der Waals surface area contributed by atoms with E-state index in [1.165, 1.54) is 13.2 Å². The molecule has 19 heavy (non-hydrogen) atoms. The van der Waals surface area contributed by atoms with E-state index in [4.69, 9.17) is 10.5 Å². The number of hydrogen-bond acceptors (Lipinski definition) is 3. The monoisotopic (exact) mass is 268 g/mol. The van der Waals surface area contributed by atoms with Gasteiger partial charge in [0.1, 0.15) is 0 Å². The molecule has 0 aliphatic carbocycles. The second kappa shape index (κ2) is 7.09. The highest BCUT2D eigenvalue weighted by Crippen LogP contribution is 2.18. The van der Waals surface area contributed by atoms with Crippen LogP contribution >= 0.6 is 0 Å². The first-order chi connectivity index (χ1) is 8.97. The number of hydrogen-bond donors (Lipinski definition) is 1. The first-order valence-electron chi connectivity index (χ1n) is 6.33. The first-order valence-corrected chi connectivity index (χ1v) is 6.33. The third kappa shape index (κ3) is 4.52. The molecule has 0 aromatic heterocycles. The zero-order chi connectivity index (χ0) is 14.4. The molecule has 1 aromatic carbocycles. The molecular formula is C14H21FN2O2. The highest BCUT2D eigenvalue weighted by molar-refractivity contribution is 5.76. The van der Waals surface area contributed by atoms with Gasteiger partial charge in [-0.1, -0.05) is 6.07 Å². The van der Waals surface area contributed by atoms with E-state index in [1.807, 2.05) is 6.92 Å². The van der Waals surface area contributed by atoms with Crippen molar-refractivity contribution in [2.24, 2.45) is 5.73 Å². The fourth-order valence-corrected chi connectivity index (χ4v) is 1.81. The summed E-state index contributed by atoms with van der Waals surface area (Å²) in [5.41, 5.74) is 6.35. The van der Waals surface area contributed by atoms with E-state index in [0.717, 1.165) is 5.56 Å². The molecule has 0 spiro atoms. The van der Waals surface area contributed by atoms with Crippen LogP contribution in [0.4, 0.5) is 4.39 Å². The van der Waals surface area contributed by atoms with E-state index in [-0.39, 0.29) is 17.7 Å². The maximum atomic E-state index is 13.6. The van der Waals surface area contributed by atoms with Crippen molar-refractivity contribution in [3.63, 3.8) is 0 Å². The lowest BCUT2D eigenvalue weighted by Gasteiger charge is -2.22. The van der Waals surface area contributed by atoms with Crippen LogP contribution in [0.1, 0.15) is 25.8 Å². The Kier molecular flexibility index (Phi) is 5.76. The quantitative estimate of drug-likeness (QED) is 0.857. The summed E-state index contributed by atoms with van der Waals surface area (Å²) < 4.78 is 18.4. The Morgan fingerprint density at radius 3 is 2.68 bits per heavy atom. The van der Waals surface area contributed by atoms with Crippen LogP contribution in [0.5, 0.6) is 5.75 Å². The van der Waals surface area contributed by atoms with Crippen molar-refractivity contribution in [2.75, 3.05) is 13.7 Å². The summed E-state index contributed by atoms with van der Waals surface area (Å²) in [5.74, 6) is -0.238. The average Bonchev–Trinajstić information content (AvgIpc) is 2.35. The molecule has 106 valence electrons. The van der Waals surface area contributed by atoms with Crippen LogP contribution in [0, 0.1) is 5.82 Å². The fraction of sp³-hybridized carbons (Fsp3) is 0.500. The molecule has 0 heterocycles. The molecule has 1 rings (SSSR count). The summed E-state index contributed by atoms with van der Waals surface area (Å²) >= 11 is 0. The van der Waals surface area contributed by atoms with Crippen LogP contribution in [0.3, 0.4) is 0 Å². The van der Waals surface area contributed by atoms with Crippen molar-refractivity contribution in [1.82, 2.24) is 4.90 Å². The smallest absolute Gasteiger partial charge is 0.224 e. The summed E-state index contributed by atoms with van der Waals surface area (Å²) in [6.07, 6.45) is 0.298. The fourth-order valence-electron chi connectivity index (χ4n) is 1.81. The van der Waals surface area contributed by atoms with Gasteiger partial charge < -0.3 is 15.4 Å². The highest BCUT2D eigenvalue weighted by atomic mass is 19.1. The van der Waals surface area contributed by atoms with Gasteiger partial charge in [0, 0.05) is 25.6 Å². The molecule has 1 unspecified atom stereocenters. The average molecular weight is 268 g/mol. The van der Waals surface area contributed by atoms with Crippen LogP contribution in [-0.2, 0) is 11.3 Å². The summed E-state index contributed by atoms with van der Waals surface area (Å²) in [4.78, 5) is 13.6. The van der Waals surface area contributed by atoms with Gasteiger partial charge in [-0.2, -0.15) is 0 Å². The maximum absolute atomic E-state index is 13.6. The van der Waals surface area contributed by atoms with Crippen molar-refractivity contribution < 1.29 is 13.9 Å². The van der Waals surface area contributed by atoms with Crippen LogP contribution < -0.4 is 10.5 Å². The lowest BCUT2D eigenvalue weighted by Crippen LogP contribution is -2.34. The summed E-state index contributed by atoms with van der Waals surface area (Å²) in [7, 11) is 1.42. The molecule has 4 nitrogen and oxygen atoms in total. The van der Waals surface area contributed by atoms with Gasteiger partial charge in [-0.15, -0.1) is 0 Å². The lowest BCUT2D eigenvalue weighted by atomic mass is 10.1. The van der Waals surface area contributed by atoms with Crippen LogP contribution in [0.2, 0.25) is 0 Å². The zero-order valence-corrected chi connectivity index (χ0v) is 11.6. The molecular weight excluding hydrogens is 247 g/mol. The van der Waals surface area contributed by atoms with Crippen LogP contribution in [-0.4, -0.2) is 30.5 Å². The molecule has 1 aromatic rings. The van der Waals surface area contributed by atoms with Gasteiger partial charge in [0.05, 0.1) is 7.11 Å². The molecule has 1 atom stereocenters. The highest BCUT2D eigenvalue weighted by Gasteiger charge is 2.14. The number of halogens is 1. The number of ether oxygens (including phenoxy) is 1. The van der Waals surface area contributed by atoms with E-state index >= 15 is 0 Å². The number of methoxy groups -OCH3 is 1. The minimum atomic E-state index is -0.421. The summed E-state index contributed by atoms with van der Waals surface area (Å²) in [5, 5.41) is 0. The molecule has 5 heteroatoms. The van der Waals surface area contributed by atoms with E-state index in [2.05, 4.69) is 0 Å². The first kappa shape index (κ1) is 15.4. The molecule has 0 saturated carbocycles. The van der Waals surface area contributed by atoms with Crippen molar-refractivity contribution in [2.45, 2.75) is 32.9 Å². The van der Waals surface area contributed by atoms with Gasteiger partial charge in [-0.3, -0.25) is 4.79 Å². The standard InChI is InChI=1S/C14H21FN2O2/c1-4-17(14(18)7-10(2)16)9-11-5-6-13(19-3)12(15)8-11/h5-6,8,10H,4,7,9,16H2,1-3H3. The number of rotatable bonds is 6. The van der Waals surface area contributed by atoms with E-state index < -0.39 is 5.82 Å². The second-order valence-corrected chi connectivity index (χ2v) is 4.56. The van der Waals surface area contributed by atoms with E-state index in [9.17, 15) is 9.18 Å². The van der Waals surface area contributed by atoms with Crippen molar-refractivity contribution in [1.29, 1.82) is 0 Å². The number of carbonyl (C=O) groups excluding carboxylic acids is 1. The molecule has 0 fully saturated rings. The maximum Gasteiger partial charge on any atom is 0.224 e. The molecule has 2 N–H and O–H groups in total.